The molecule has 0 fully saturated rings. The smallest absolute Gasteiger partial charge is 0.427 e. The maximum Gasteiger partial charge on any atom is 0.545 e. The van der Waals surface area contributed by atoms with E-state index in [4.69, 9.17) is 0 Å². The topological polar surface area (TPSA) is 78.7 Å². The molecule has 0 radical (unpaired) electrons. The lowest BCUT2D eigenvalue weighted by Gasteiger charge is -2.01. The van der Waals surface area contributed by atoms with Gasteiger partial charge in [0.15, 0.2) is 0 Å². The Labute approximate surface area is 83.3 Å². The van der Waals surface area contributed by atoms with Gasteiger partial charge in [-0.2, -0.15) is 0 Å². The van der Waals surface area contributed by atoms with Gasteiger partial charge < -0.3 is 4.74 Å². The zero-order valence-corrected chi connectivity index (χ0v) is 7.38. The molecule has 1 rings (SSSR count). The molecule has 0 aliphatic rings. The standard InChI is InChI=1S/C8H6FNO5/c9-15-8(11)14-5-6-3-1-2-4-7(6)10(12)13/h1-4H,5H2. The van der Waals surface area contributed by atoms with Gasteiger partial charge in [0, 0.05) is 10.6 Å². The fourth-order valence-corrected chi connectivity index (χ4v) is 0.970. The average Bonchev–Trinajstić information content (AvgIpc) is 2.26. The third kappa shape index (κ3) is 2.90. The van der Waals surface area contributed by atoms with Gasteiger partial charge in [-0.05, 0) is 6.07 Å². The number of halogens is 1. The van der Waals surface area contributed by atoms with Crippen LogP contribution in [0.5, 0.6) is 0 Å². The van der Waals surface area contributed by atoms with E-state index in [1.807, 2.05) is 0 Å². The van der Waals surface area contributed by atoms with Crippen LogP contribution in [0.3, 0.4) is 0 Å². The van der Waals surface area contributed by atoms with Gasteiger partial charge in [-0.25, -0.2) is 9.74 Å². The first kappa shape index (κ1) is 10.9. The van der Waals surface area contributed by atoms with Gasteiger partial charge in [0.2, 0.25) is 0 Å². The Morgan fingerprint density at radius 2 is 2.13 bits per heavy atom. The average molecular weight is 215 g/mol. The maximum atomic E-state index is 11.2. The number of carbonyl (C=O) groups is 1. The Kier molecular flexibility index (Phi) is 3.55. The molecular weight excluding hydrogens is 209 g/mol. The minimum Gasteiger partial charge on any atom is -0.427 e. The molecule has 80 valence electrons. The first-order valence-electron chi connectivity index (χ1n) is 3.83. The van der Waals surface area contributed by atoms with Gasteiger partial charge in [-0.1, -0.05) is 12.1 Å². The Balaban J connectivity index is 2.76. The number of nitro benzene ring substituents is 1. The van der Waals surface area contributed by atoms with Crippen molar-refractivity contribution in [3.8, 4) is 0 Å². The van der Waals surface area contributed by atoms with Crippen molar-refractivity contribution in [3.05, 3.63) is 39.9 Å². The van der Waals surface area contributed by atoms with Crippen LogP contribution in [0.2, 0.25) is 0 Å². The molecule has 0 amide bonds. The largest absolute Gasteiger partial charge is 0.545 e. The van der Waals surface area contributed by atoms with Crippen LogP contribution < -0.4 is 0 Å². The van der Waals surface area contributed by atoms with E-state index in [-0.39, 0.29) is 11.3 Å². The van der Waals surface area contributed by atoms with Gasteiger partial charge in [0.1, 0.15) is 6.61 Å². The lowest BCUT2D eigenvalue weighted by atomic mass is 10.2. The molecule has 0 atom stereocenters. The van der Waals surface area contributed by atoms with Crippen molar-refractivity contribution >= 4 is 11.8 Å². The normalized spacial score (nSPS) is 9.40. The molecule has 0 unspecified atom stereocenters. The lowest BCUT2D eigenvalue weighted by molar-refractivity contribution is -0.385. The quantitative estimate of drug-likeness (QED) is 0.438. The second-order valence-corrected chi connectivity index (χ2v) is 2.50. The first-order chi connectivity index (χ1) is 7.15. The molecule has 0 aromatic heterocycles. The summed E-state index contributed by atoms with van der Waals surface area (Å²) >= 11 is 0. The summed E-state index contributed by atoms with van der Waals surface area (Å²) in [6, 6.07) is 5.64. The zero-order valence-electron chi connectivity index (χ0n) is 7.38. The summed E-state index contributed by atoms with van der Waals surface area (Å²) in [6.45, 7) is -0.417. The first-order valence-corrected chi connectivity index (χ1v) is 3.83. The number of ether oxygens (including phenoxy) is 1. The molecule has 0 spiro atoms. The van der Waals surface area contributed by atoms with Crippen LogP contribution >= 0.6 is 0 Å². The fourth-order valence-electron chi connectivity index (χ4n) is 0.970. The number of rotatable bonds is 3. The summed E-state index contributed by atoms with van der Waals surface area (Å²) in [5, 5.41) is 10.5. The Bertz CT molecular complexity index is 381. The molecule has 0 saturated carbocycles. The van der Waals surface area contributed by atoms with Gasteiger partial charge in [-0.15, -0.1) is 0 Å². The van der Waals surface area contributed by atoms with Gasteiger partial charge in [0.25, 0.3) is 5.69 Å². The van der Waals surface area contributed by atoms with Gasteiger partial charge in [-0.3, -0.25) is 10.1 Å². The van der Waals surface area contributed by atoms with Crippen LogP contribution in [0.25, 0.3) is 0 Å². The molecule has 0 aliphatic heterocycles. The van der Waals surface area contributed by atoms with Crippen LogP contribution in [0.15, 0.2) is 24.3 Å². The van der Waals surface area contributed by atoms with E-state index in [2.05, 4.69) is 9.68 Å². The second kappa shape index (κ2) is 4.89. The van der Waals surface area contributed by atoms with Gasteiger partial charge >= 0.3 is 6.16 Å². The highest BCUT2D eigenvalue weighted by Gasteiger charge is 2.14. The number of hydrogen-bond donors (Lipinski definition) is 0. The number of hydrogen-bond acceptors (Lipinski definition) is 5. The predicted molar refractivity (Wildman–Crippen MR) is 45.5 cm³/mol. The highest BCUT2D eigenvalue weighted by Crippen LogP contribution is 2.18. The molecule has 1 aromatic rings. The van der Waals surface area contributed by atoms with Crippen LogP contribution in [0.1, 0.15) is 5.56 Å². The van der Waals surface area contributed by atoms with Crippen LogP contribution in [-0.4, -0.2) is 11.1 Å². The van der Waals surface area contributed by atoms with E-state index in [1.54, 1.807) is 0 Å². The van der Waals surface area contributed by atoms with Crippen LogP contribution in [-0.2, 0) is 16.3 Å². The Hall–Kier alpha value is -2.18. The summed E-state index contributed by atoms with van der Waals surface area (Å²) in [6.07, 6.45) is -1.53. The predicted octanol–water partition coefficient (Wildman–Crippen LogP) is 2.13. The molecule has 0 bridgehead atoms. The van der Waals surface area contributed by atoms with Crippen molar-refractivity contribution in [1.82, 2.24) is 0 Å². The molecule has 0 saturated heterocycles. The molecule has 0 N–H and O–H groups in total. The molecular formula is C8H6FNO5. The summed E-state index contributed by atoms with van der Waals surface area (Å²) < 4.78 is 15.5. The minimum absolute atomic E-state index is 0.160. The van der Waals surface area contributed by atoms with E-state index in [1.165, 1.54) is 24.3 Å². The number of para-hydroxylation sites is 1. The Morgan fingerprint density at radius 1 is 1.47 bits per heavy atom. The van der Waals surface area contributed by atoms with Crippen molar-refractivity contribution in [1.29, 1.82) is 0 Å². The van der Waals surface area contributed by atoms with Crippen molar-refractivity contribution in [3.63, 3.8) is 0 Å². The Morgan fingerprint density at radius 3 is 2.73 bits per heavy atom. The monoisotopic (exact) mass is 215 g/mol. The molecule has 6 nitrogen and oxygen atoms in total. The highest BCUT2D eigenvalue weighted by molar-refractivity contribution is 5.59. The third-order valence-corrected chi connectivity index (χ3v) is 1.60. The number of benzene rings is 1. The van der Waals surface area contributed by atoms with Crippen LogP contribution in [0.4, 0.5) is 15.0 Å². The SMILES string of the molecule is O=C(OF)OCc1ccccc1[N+](=O)[O-]. The summed E-state index contributed by atoms with van der Waals surface area (Å²) in [5.74, 6) is 0. The number of nitro groups is 1. The summed E-state index contributed by atoms with van der Waals surface area (Å²) in [7, 11) is 0. The number of nitrogens with zero attached hydrogens (tertiary/aromatic N) is 1. The molecule has 7 heteroatoms. The van der Waals surface area contributed by atoms with Gasteiger partial charge in [0.05, 0.1) is 10.5 Å². The van der Waals surface area contributed by atoms with E-state index in [0.29, 0.717) is 0 Å². The highest BCUT2D eigenvalue weighted by atomic mass is 19.3. The van der Waals surface area contributed by atoms with E-state index in [9.17, 15) is 19.4 Å². The van der Waals surface area contributed by atoms with Crippen molar-refractivity contribution in [2.24, 2.45) is 0 Å². The molecule has 15 heavy (non-hydrogen) atoms. The molecule has 0 heterocycles. The van der Waals surface area contributed by atoms with Crippen molar-refractivity contribution < 1.29 is 23.9 Å². The molecule has 1 aromatic carbocycles. The summed E-state index contributed by atoms with van der Waals surface area (Å²) in [5.41, 5.74) is -0.0444. The fraction of sp³-hybridized carbons (Fsp3) is 0.125. The van der Waals surface area contributed by atoms with Crippen molar-refractivity contribution in [2.45, 2.75) is 6.61 Å². The van der Waals surface area contributed by atoms with Crippen molar-refractivity contribution in [2.75, 3.05) is 0 Å². The molecule has 0 aliphatic carbocycles. The lowest BCUT2D eigenvalue weighted by Crippen LogP contribution is -2.04. The summed E-state index contributed by atoms with van der Waals surface area (Å²) in [4.78, 5) is 22.9. The zero-order chi connectivity index (χ0) is 11.3. The minimum atomic E-state index is -1.53. The van der Waals surface area contributed by atoms with E-state index in [0.717, 1.165) is 0 Å². The maximum absolute atomic E-state index is 11.2. The van der Waals surface area contributed by atoms with E-state index >= 15 is 0 Å². The number of carbonyl (C=O) groups excluding carboxylic acids is 1. The second-order valence-electron chi connectivity index (χ2n) is 2.50. The third-order valence-electron chi connectivity index (χ3n) is 1.60. The van der Waals surface area contributed by atoms with E-state index < -0.39 is 17.7 Å². The van der Waals surface area contributed by atoms with Crippen LogP contribution in [0, 0.1) is 10.1 Å².